The molecule has 2 aromatic heterocycles. The van der Waals surface area contributed by atoms with Crippen LogP contribution in [0.25, 0.3) is 16.9 Å². The first-order valence-corrected chi connectivity index (χ1v) is 14.3. The minimum absolute atomic E-state index is 0.0358. The van der Waals surface area contributed by atoms with Gasteiger partial charge in [0.2, 0.25) is 0 Å². The predicted octanol–water partition coefficient (Wildman–Crippen LogP) is 6.84. The molecule has 0 radical (unpaired) electrons. The Kier molecular flexibility index (Phi) is 7.35. The van der Waals surface area contributed by atoms with Crippen molar-refractivity contribution in [1.29, 1.82) is 5.26 Å². The zero-order valence-corrected chi connectivity index (χ0v) is 24.1. The maximum Gasteiger partial charge on any atom is 0.274 e. The second-order valence-corrected chi connectivity index (χ2v) is 11.6. The fraction of sp³-hybridized carbons (Fsp3) is 0.273. The van der Waals surface area contributed by atoms with Crippen LogP contribution in [0.2, 0.25) is 5.02 Å². The van der Waals surface area contributed by atoms with Crippen LogP contribution >= 0.6 is 11.6 Å². The third kappa shape index (κ3) is 5.00. The average molecular weight is 603 g/mol. The highest BCUT2D eigenvalue weighted by Crippen LogP contribution is 2.55. The summed E-state index contributed by atoms with van der Waals surface area (Å²) in [5.74, 6) is -3.05. The molecule has 4 aromatic rings. The van der Waals surface area contributed by atoms with Crippen molar-refractivity contribution in [3.8, 4) is 23.0 Å². The summed E-state index contributed by atoms with van der Waals surface area (Å²) < 4.78 is 46.6. The number of pyridine rings is 2. The van der Waals surface area contributed by atoms with Gasteiger partial charge in [-0.3, -0.25) is 19.1 Å². The Hall–Kier alpha value is -4.42. The monoisotopic (exact) mass is 602 g/mol. The number of hydrogen-bond acceptors (Lipinski definition) is 4. The summed E-state index contributed by atoms with van der Waals surface area (Å²) in [6.45, 7) is 3.78. The molecule has 3 atom stereocenters. The molecule has 6 nitrogen and oxygen atoms in total. The van der Waals surface area contributed by atoms with E-state index >= 15 is 8.78 Å². The van der Waals surface area contributed by atoms with E-state index in [-0.39, 0.29) is 57.6 Å². The van der Waals surface area contributed by atoms with Gasteiger partial charge in [0.1, 0.15) is 22.4 Å². The van der Waals surface area contributed by atoms with E-state index in [1.165, 1.54) is 41.4 Å². The second kappa shape index (κ2) is 11.0. The maximum absolute atomic E-state index is 16.3. The maximum atomic E-state index is 16.3. The van der Waals surface area contributed by atoms with Crippen LogP contribution in [0.1, 0.15) is 57.4 Å². The second-order valence-electron chi connectivity index (χ2n) is 11.2. The van der Waals surface area contributed by atoms with Crippen molar-refractivity contribution < 1.29 is 18.0 Å². The van der Waals surface area contributed by atoms with Crippen molar-refractivity contribution in [3.63, 3.8) is 0 Å². The van der Waals surface area contributed by atoms with E-state index < -0.39 is 23.1 Å². The molecule has 1 saturated heterocycles. The molecule has 218 valence electrons. The smallest absolute Gasteiger partial charge is 0.274 e. The first-order chi connectivity index (χ1) is 20.6. The zero-order chi connectivity index (χ0) is 30.6. The Bertz CT molecular complexity index is 1880. The summed E-state index contributed by atoms with van der Waals surface area (Å²) in [6, 6.07) is 14.2. The van der Waals surface area contributed by atoms with Gasteiger partial charge in [-0.05, 0) is 85.5 Å². The lowest BCUT2D eigenvalue weighted by atomic mass is 10.0. The largest absolute Gasteiger partial charge is 0.337 e. The standard InChI is InChI=1S/C33H26ClF3N4O2/c1-17-15-39-30(22-4-3-5-23(28(22)36)32(42)40-11-10-19(14-38)16-40)29(37)31(17)41-18(2)12-26(27(34)33(41)43)25-13-24(25)20-6-8-21(35)9-7-20/h3-9,12,15,19,24-25H,10-11,13,16H2,1-2H3/t19-,24?,25+/m0/s1. The van der Waals surface area contributed by atoms with Crippen LogP contribution in [0.5, 0.6) is 0 Å². The number of aryl methyl sites for hydroxylation is 2. The molecule has 2 aromatic carbocycles. The molecule has 43 heavy (non-hydrogen) atoms. The van der Waals surface area contributed by atoms with E-state index in [1.54, 1.807) is 32.0 Å². The number of aromatic nitrogens is 2. The van der Waals surface area contributed by atoms with Crippen LogP contribution in [0.15, 0.2) is 59.5 Å². The summed E-state index contributed by atoms with van der Waals surface area (Å²) in [5, 5.41) is 9.13. The molecule has 1 unspecified atom stereocenters. The molecule has 0 spiro atoms. The Morgan fingerprint density at radius 1 is 1.07 bits per heavy atom. The molecule has 2 fully saturated rings. The van der Waals surface area contributed by atoms with Crippen molar-refractivity contribution in [1.82, 2.24) is 14.5 Å². The molecule has 10 heteroatoms. The number of rotatable bonds is 5. The number of hydrogen-bond donors (Lipinski definition) is 0. The van der Waals surface area contributed by atoms with Crippen LogP contribution in [0.3, 0.4) is 0 Å². The summed E-state index contributed by atoms with van der Waals surface area (Å²) in [7, 11) is 0. The molecular weight excluding hydrogens is 577 g/mol. The highest BCUT2D eigenvalue weighted by Gasteiger charge is 2.41. The van der Waals surface area contributed by atoms with E-state index in [4.69, 9.17) is 16.9 Å². The number of benzene rings is 2. The van der Waals surface area contributed by atoms with Gasteiger partial charge in [-0.2, -0.15) is 5.26 Å². The molecule has 0 N–H and O–H groups in total. The van der Waals surface area contributed by atoms with Gasteiger partial charge in [-0.1, -0.05) is 29.8 Å². The van der Waals surface area contributed by atoms with Crippen LogP contribution < -0.4 is 5.56 Å². The highest BCUT2D eigenvalue weighted by atomic mass is 35.5. The van der Waals surface area contributed by atoms with Gasteiger partial charge in [0.25, 0.3) is 11.5 Å². The Morgan fingerprint density at radius 3 is 2.51 bits per heavy atom. The Labute approximate surface area is 251 Å². The SMILES string of the molecule is Cc1cnc(-c2cccc(C(=O)N3CC[C@@H](C#N)C3)c2F)c(F)c1-n1c(C)cc([C@@H]2CC2c2ccc(F)cc2)c(Cl)c1=O. The molecule has 0 bridgehead atoms. The molecule has 6 rings (SSSR count). The number of nitriles is 1. The summed E-state index contributed by atoms with van der Waals surface area (Å²) in [4.78, 5) is 32.3. The molecule has 1 saturated carbocycles. The first kappa shape index (κ1) is 28.7. The lowest BCUT2D eigenvalue weighted by molar-refractivity contribution is 0.0785. The van der Waals surface area contributed by atoms with Crippen molar-refractivity contribution >= 4 is 17.5 Å². The zero-order valence-electron chi connectivity index (χ0n) is 23.4. The average Bonchev–Trinajstić information content (AvgIpc) is 3.63. The van der Waals surface area contributed by atoms with E-state index in [9.17, 15) is 14.0 Å². The normalized spacial score (nSPS) is 19.4. The van der Waals surface area contributed by atoms with E-state index in [2.05, 4.69) is 11.1 Å². The van der Waals surface area contributed by atoms with Crippen LogP contribution in [0, 0.1) is 48.5 Å². The summed E-state index contributed by atoms with van der Waals surface area (Å²) in [5.41, 5.74) is 0.785. The van der Waals surface area contributed by atoms with Crippen molar-refractivity contribution in [2.75, 3.05) is 13.1 Å². The van der Waals surface area contributed by atoms with Crippen molar-refractivity contribution in [2.45, 2.75) is 38.5 Å². The van der Waals surface area contributed by atoms with Gasteiger partial charge in [-0.15, -0.1) is 0 Å². The lowest BCUT2D eigenvalue weighted by Crippen LogP contribution is -2.29. The van der Waals surface area contributed by atoms with Gasteiger partial charge in [0.15, 0.2) is 5.82 Å². The number of amides is 1. The topological polar surface area (TPSA) is 79.0 Å². The van der Waals surface area contributed by atoms with Gasteiger partial charge in [0.05, 0.1) is 23.2 Å². The number of halogens is 4. The first-order valence-electron chi connectivity index (χ1n) is 13.9. The fourth-order valence-electron chi connectivity index (χ4n) is 6.03. The van der Waals surface area contributed by atoms with Gasteiger partial charge in [0, 0.05) is 30.5 Å². The molecule has 1 aliphatic carbocycles. The summed E-state index contributed by atoms with van der Waals surface area (Å²) in [6.07, 6.45) is 2.59. The highest BCUT2D eigenvalue weighted by molar-refractivity contribution is 6.31. The number of carbonyl (C=O) groups excluding carboxylic acids is 1. The molecular formula is C33H26ClF3N4O2. The minimum Gasteiger partial charge on any atom is -0.337 e. The minimum atomic E-state index is -0.938. The van der Waals surface area contributed by atoms with E-state index in [0.717, 1.165) is 16.6 Å². The molecule has 1 amide bonds. The van der Waals surface area contributed by atoms with E-state index in [0.29, 0.717) is 29.8 Å². The molecule has 2 aliphatic rings. The van der Waals surface area contributed by atoms with Gasteiger partial charge >= 0.3 is 0 Å². The molecule has 3 heterocycles. The van der Waals surface area contributed by atoms with Gasteiger partial charge in [-0.25, -0.2) is 13.2 Å². The predicted molar refractivity (Wildman–Crippen MR) is 156 cm³/mol. The quantitative estimate of drug-likeness (QED) is 0.250. The number of carbonyl (C=O) groups is 1. The van der Waals surface area contributed by atoms with Crippen LogP contribution in [0.4, 0.5) is 13.2 Å². The number of likely N-dealkylation sites (tertiary alicyclic amines) is 1. The van der Waals surface area contributed by atoms with Crippen LogP contribution in [-0.4, -0.2) is 33.4 Å². The van der Waals surface area contributed by atoms with E-state index in [1.807, 2.05) is 0 Å². The third-order valence-corrected chi connectivity index (χ3v) is 8.77. The van der Waals surface area contributed by atoms with Crippen molar-refractivity contribution in [3.05, 3.63) is 116 Å². The fourth-order valence-corrected chi connectivity index (χ4v) is 6.31. The Morgan fingerprint density at radius 2 is 1.81 bits per heavy atom. The molecule has 1 aliphatic heterocycles. The number of nitrogens with zero attached hydrogens (tertiary/aromatic N) is 4. The third-order valence-electron chi connectivity index (χ3n) is 8.39. The van der Waals surface area contributed by atoms with Gasteiger partial charge < -0.3 is 4.90 Å². The summed E-state index contributed by atoms with van der Waals surface area (Å²) >= 11 is 6.60. The Balaban J connectivity index is 1.38. The van der Waals surface area contributed by atoms with Crippen molar-refractivity contribution in [2.24, 2.45) is 5.92 Å². The lowest BCUT2D eigenvalue weighted by Gasteiger charge is -2.19. The van der Waals surface area contributed by atoms with Crippen LogP contribution in [-0.2, 0) is 0 Å².